The zero-order valence-corrected chi connectivity index (χ0v) is 18.1. The minimum absolute atomic E-state index is 0.154. The summed E-state index contributed by atoms with van der Waals surface area (Å²) in [7, 11) is 0. The number of H-pyrrole nitrogens is 1. The largest absolute Gasteiger partial charge is 0.348 e. The Bertz CT molecular complexity index is 1080. The number of hydrogen-bond donors (Lipinski definition) is 2. The molecular formula is C22H24BrN3O2. The molecule has 5 nitrogen and oxygen atoms in total. The lowest BCUT2D eigenvalue weighted by molar-refractivity contribution is 0.0950. The molecule has 2 N–H and O–H groups in total. The molecule has 0 spiro atoms. The van der Waals surface area contributed by atoms with E-state index in [1.165, 1.54) is 5.56 Å². The summed E-state index contributed by atoms with van der Waals surface area (Å²) >= 11 is 3.45. The van der Waals surface area contributed by atoms with Gasteiger partial charge in [-0.1, -0.05) is 28.1 Å². The Morgan fingerprint density at radius 1 is 1.11 bits per heavy atom. The zero-order chi connectivity index (χ0) is 20.4. The van der Waals surface area contributed by atoms with E-state index in [9.17, 15) is 9.59 Å². The van der Waals surface area contributed by atoms with Crippen molar-refractivity contribution in [2.75, 3.05) is 0 Å². The van der Waals surface area contributed by atoms with Gasteiger partial charge in [-0.15, -0.1) is 0 Å². The smallest absolute Gasteiger partial charge is 0.253 e. The summed E-state index contributed by atoms with van der Waals surface area (Å²) in [6.45, 7) is 8.58. The van der Waals surface area contributed by atoms with Crippen molar-refractivity contribution in [2.24, 2.45) is 0 Å². The highest BCUT2D eigenvalue weighted by atomic mass is 79.9. The number of rotatable bonds is 5. The molecule has 0 atom stereocenters. The quantitative estimate of drug-likeness (QED) is 0.624. The van der Waals surface area contributed by atoms with E-state index in [1.54, 1.807) is 0 Å². The highest BCUT2D eigenvalue weighted by Crippen LogP contribution is 2.19. The third-order valence-electron chi connectivity index (χ3n) is 4.99. The summed E-state index contributed by atoms with van der Waals surface area (Å²) in [5.74, 6) is -0.172. The van der Waals surface area contributed by atoms with E-state index in [4.69, 9.17) is 0 Å². The molecule has 146 valence electrons. The summed E-state index contributed by atoms with van der Waals surface area (Å²) in [5, 5.41) is 2.89. The summed E-state index contributed by atoms with van der Waals surface area (Å²) in [6, 6.07) is 12.0. The molecule has 0 radical (unpaired) electrons. The van der Waals surface area contributed by atoms with Crippen LogP contribution in [0.2, 0.25) is 0 Å². The van der Waals surface area contributed by atoms with Gasteiger partial charge in [0.25, 0.3) is 11.5 Å². The van der Waals surface area contributed by atoms with Gasteiger partial charge in [0.1, 0.15) is 0 Å². The number of aryl methyl sites for hydroxylation is 3. The minimum atomic E-state index is -0.172. The van der Waals surface area contributed by atoms with E-state index >= 15 is 0 Å². The van der Waals surface area contributed by atoms with Gasteiger partial charge < -0.3 is 14.9 Å². The maximum atomic E-state index is 12.7. The van der Waals surface area contributed by atoms with Crippen molar-refractivity contribution in [3.63, 3.8) is 0 Å². The highest BCUT2D eigenvalue weighted by Gasteiger charge is 2.16. The molecule has 0 bridgehead atoms. The molecule has 3 rings (SSSR count). The van der Waals surface area contributed by atoms with Crippen LogP contribution >= 0.6 is 15.9 Å². The first kappa shape index (κ1) is 20.1. The second-order valence-corrected chi connectivity index (χ2v) is 8.04. The third kappa shape index (κ3) is 4.28. The maximum Gasteiger partial charge on any atom is 0.253 e. The van der Waals surface area contributed by atoms with Crippen LogP contribution in [0.3, 0.4) is 0 Å². The molecule has 2 aromatic heterocycles. The lowest BCUT2D eigenvalue weighted by atomic mass is 10.1. The molecule has 0 saturated heterocycles. The summed E-state index contributed by atoms with van der Waals surface area (Å²) < 4.78 is 3.17. The molecule has 0 aliphatic heterocycles. The standard InChI is InChI=1S/C22H24BrN3O2/c1-13-9-14(2)25-22(28)20(13)11-24-21(27)19-10-15(3)26(16(19)4)12-17-5-7-18(23)8-6-17/h5-10H,11-12H2,1-4H3,(H,24,27)(H,25,28). The number of pyridine rings is 1. The number of hydrogen-bond acceptors (Lipinski definition) is 2. The monoisotopic (exact) mass is 441 g/mol. The van der Waals surface area contributed by atoms with Crippen LogP contribution in [-0.4, -0.2) is 15.5 Å². The van der Waals surface area contributed by atoms with Gasteiger partial charge in [0, 0.05) is 40.2 Å². The van der Waals surface area contributed by atoms with Crippen LogP contribution in [0.5, 0.6) is 0 Å². The van der Waals surface area contributed by atoms with Crippen LogP contribution in [0.15, 0.2) is 45.7 Å². The Kier molecular flexibility index (Phi) is 5.89. The molecule has 1 amide bonds. The fourth-order valence-corrected chi connectivity index (χ4v) is 3.68. The van der Waals surface area contributed by atoms with E-state index in [2.05, 4.69) is 42.9 Å². The Labute approximate surface area is 172 Å². The summed E-state index contributed by atoms with van der Waals surface area (Å²) in [6.07, 6.45) is 0. The van der Waals surface area contributed by atoms with Gasteiger partial charge in [0.15, 0.2) is 0 Å². The van der Waals surface area contributed by atoms with Crippen molar-refractivity contribution in [1.29, 1.82) is 0 Å². The molecule has 6 heteroatoms. The number of benzene rings is 1. The van der Waals surface area contributed by atoms with Crippen molar-refractivity contribution in [3.8, 4) is 0 Å². The molecule has 0 aliphatic carbocycles. The van der Waals surface area contributed by atoms with Crippen LogP contribution in [0.25, 0.3) is 0 Å². The van der Waals surface area contributed by atoms with Crippen LogP contribution in [0.1, 0.15) is 44.1 Å². The van der Waals surface area contributed by atoms with Gasteiger partial charge >= 0.3 is 0 Å². The third-order valence-corrected chi connectivity index (χ3v) is 5.52. The molecule has 3 aromatic rings. The Hall–Kier alpha value is -2.60. The number of aromatic amines is 1. The lowest BCUT2D eigenvalue weighted by Crippen LogP contribution is -2.28. The van der Waals surface area contributed by atoms with E-state index in [1.807, 2.05) is 52.0 Å². The molecule has 0 fully saturated rings. The van der Waals surface area contributed by atoms with Gasteiger partial charge in [-0.3, -0.25) is 9.59 Å². The first-order chi connectivity index (χ1) is 13.3. The first-order valence-corrected chi connectivity index (χ1v) is 9.94. The topological polar surface area (TPSA) is 66.9 Å². The van der Waals surface area contributed by atoms with E-state index < -0.39 is 0 Å². The highest BCUT2D eigenvalue weighted by molar-refractivity contribution is 9.10. The van der Waals surface area contributed by atoms with Crippen LogP contribution in [-0.2, 0) is 13.1 Å². The molecule has 0 unspecified atom stereocenters. The van der Waals surface area contributed by atoms with Gasteiger partial charge in [0.05, 0.1) is 5.56 Å². The summed E-state index contributed by atoms with van der Waals surface area (Å²) in [4.78, 5) is 27.7. The van der Waals surface area contributed by atoms with Crippen molar-refractivity contribution in [3.05, 3.63) is 90.6 Å². The van der Waals surface area contributed by atoms with E-state index in [0.29, 0.717) is 17.7 Å². The van der Waals surface area contributed by atoms with Crippen molar-refractivity contribution < 1.29 is 4.79 Å². The fraction of sp³-hybridized carbons (Fsp3) is 0.273. The number of nitrogens with zero attached hydrogens (tertiary/aromatic N) is 1. The van der Waals surface area contributed by atoms with Gasteiger partial charge in [-0.05, 0) is 63.1 Å². The number of halogens is 1. The normalized spacial score (nSPS) is 10.9. The molecule has 2 heterocycles. The zero-order valence-electron chi connectivity index (χ0n) is 16.5. The maximum absolute atomic E-state index is 12.7. The number of carbonyl (C=O) groups is 1. The Morgan fingerprint density at radius 3 is 2.43 bits per heavy atom. The second kappa shape index (κ2) is 8.19. The second-order valence-electron chi connectivity index (χ2n) is 7.12. The number of nitrogens with one attached hydrogen (secondary N) is 2. The lowest BCUT2D eigenvalue weighted by Gasteiger charge is -2.11. The molecular weight excluding hydrogens is 418 g/mol. The van der Waals surface area contributed by atoms with Crippen molar-refractivity contribution in [2.45, 2.75) is 40.8 Å². The fourth-order valence-electron chi connectivity index (χ4n) is 3.41. The Balaban J connectivity index is 1.78. The predicted molar refractivity (Wildman–Crippen MR) is 115 cm³/mol. The first-order valence-electron chi connectivity index (χ1n) is 9.15. The van der Waals surface area contributed by atoms with Gasteiger partial charge in [-0.2, -0.15) is 0 Å². The Morgan fingerprint density at radius 2 is 1.79 bits per heavy atom. The SMILES string of the molecule is Cc1cc(C)c(CNC(=O)c2cc(C)n(Cc3ccc(Br)cc3)c2C)c(=O)[nH]1. The van der Waals surface area contributed by atoms with Gasteiger partial charge in [-0.25, -0.2) is 0 Å². The average Bonchev–Trinajstić information content (AvgIpc) is 2.90. The van der Waals surface area contributed by atoms with Crippen molar-refractivity contribution in [1.82, 2.24) is 14.9 Å². The number of amides is 1. The van der Waals surface area contributed by atoms with Gasteiger partial charge in [0.2, 0.25) is 0 Å². The van der Waals surface area contributed by atoms with Crippen LogP contribution in [0, 0.1) is 27.7 Å². The molecule has 0 aliphatic rings. The van der Waals surface area contributed by atoms with Crippen molar-refractivity contribution >= 4 is 21.8 Å². The summed E-state index contributed by atoms with van der Waals surface area (Å²) in [5.41, 5.74) is 5.86. The number of aromatic nitrogens is 2. The number of carbonyl (C=O) groups excluding carboxylic acids is 1. The molecule has 1 aromatic carbocycles. The predicted octanol–water partition coefficient (Wildman–Crippen LogP) is 4.15. The molecule has 0 saturated carbocycles. The van der Waals surface area contributed by atoms with Crippen LogP contribution in [0.4, 0.5) is 0 Å². The van der Waals surface area contributed by atoms with Crippen LogP contribution < -0.4 is 10.9 Å². The van der Waals surface area contributed by atoms with E-state index in [-0.39, 0.29) is 18.0 Å². The average molecular weight is 442 g/mol. The molecule has 28 heavy (non-hydrogen) atoms. The minimum Gasteiger partial charge on any atom is -0.348 e. The van der Waals surface area contributed by atoms with E-state index in [0.717, 1.165) is 27.1 Å².